The van der Waals surface area contributed by atoms with E-state index < -0.39 is 0 Å². The Morgan fingerprint density at radius 3 is 2.77 bits per heavy atom. The molecule has 158 valence electrons. The average molecular weight is 408 g/mol. The van der Waals surface area contributed by atoms with Crippen LogP contribution in [0.4, 0.5) is 0 Å². The maximum atomic E-state index is 11.3. The van der Waals surface area contributed by atoms with Crippen LogP contribution in [-0.2, 0) is 29.1 Å². The number of ether oxygens (including phenoxy) is 3. The molecule has 0 saturated carbocycles. The molecule has 0 radical (unpaired) electrons. The fraction of sp³-hybridized carbons (Fsp3) is 0.417. The number of nitriles is 1. The van der Waals surface area contributed by atoms with E-state index in [1.54, 1.807) is 0 Å². The van der Waals surface area contributed by atoms with Crippen LogP contribution in [0.5, 0.6) is 11.5 Å². The highest BCUT2D eigenvalue weighted by Crippen LogP contribution is 2.26. The molecule has 0 N–H and O–H groups in total. The van der Waals surface area contributed by atoms with Crippen LogP contribution in [0.25, 0.3) is 0 Å². The molecule has 30 heavy (non-hydrogen) atoms. The summed E-state index contributed by atoms with van der Waals surface area (Å²) in [5.74, 6) is 1.24. The molecule has 0 atom stereocenters. The normalized spacial score (nSPS) is 13.4. The number of carbonyl (C=O) groups excluding carboxylic acids is 1. The molecular weight excluding hydrogens is 380 g/mol. The van der Waals surface area contributed by atoms with E-state index in [4.69, 9.17) is 14.2 Å². The SMILES string of the molecule is COC(=O)CCN1CCc2cc(OCc3ccc(OC(C)C)c(C#N)c3)ccc2C1. The van der Waals surface area contributed by atoms with Crippen molar-refractivity contribution in [3.63, 3.8) is 0 Å². The Balaban J connectivity index is 1.59. The highest BCUT2D eigenvalue weighted by molar-refractivity contribution is 5.69. The highest BCUT2D eigenvalue weighted by atomic mass is 16.5. The predicted octanol–water partition coefficient (Wildman–Crippen LogP) is 3.85. The molecule has 0 amide bonds. The second-order valence-electron chi connectivity index (χ2n) is 7.68. The number of esters is 1. The van der Waals surface area contributed by atoms with Gasteiger partial charge in [0.2, 0.25) is 0 Å². The number of rotatable bonds is 8. The van der Waals surface area contributed by atoms with Crippen molar-refractivity contribution in [1.29, 1.82) is 5.26 Å². The lowest BCUT2D eigenvalue weighted by atomic mass is 9.99. The number of benzene rings is 2. The maximum absolute atomic E-state index is 11.3. The van der Waals surface area contributed by atoms with Crippen molar-refractivity contribution in [1.82, 2.24) is 4.90 Å². The molecule has 0 saturated heterocycles. The molecule has 6 nitrogen and oxygen atoms in total. The number of hydrogen-bond acceptors (Lipinski definition) is 6. The Morgan fingerprint density at radius 1 is 1.20 bits per heavy atom. The van der Waals surface area contributed by atoms with Crippen LogP contribution in [0.15, 0.2) is 36.4 Å². The Kier molecular flexibility index (Phi) is 7.31. The summed E-state index contributed by atoms with van der Waals surface area (Å²) in [6.07, 6.45) is 1.36. The number of nitrogens with zero attached hydrogens (tertiary/aromatic N) is 2. The maximum Gasteiger partial charge on any atom is 0.306 e. The summed E-state index contributed by atoms with van der Waals surface area (Å²) in [5.41, 5.74) is 3.98. The molecule has 0 spiro atoms. The smallest absolute Gasteiger partial charge is 0.306 e. The largest absolute Gasteiger partial charge is 0.490 e. The van der Waals surface area contributed by atoms with Crippen LogP contribution in [0.3, 0.4) is 0 Å². The molecule has 2 aromatic carbocycles. The molecule has 0 bridgehead atoms. The van der Waals surface area contributed by atoms with Gasteiger partial charge in [0.25, 0.3) is 0 Å². The Labute approximate surface area is 178 Å². The van der Waals surface area contributed by atoms with Crippen LogP contribution in [0, 0.1) is 11.3 Å². The van der Waals surface area contributed by atoms with Crippen molar-refractivity contribution in [3.8, 4) is 17.6 Å². The fourth-order valence-electron chi connectivity index (χ4n) is 3.50. The molecule has 1 aliphatic heterocycles. The second-order valence-corrected chi connectivity index (χ2v) is 7.68. The highest BCUT2D eigenvalue weighted by Gasteiger charge is 2.18. The Morgan fingerprint density at radius 2 is 2.03 bits per heavy atom. The first-order chi connectivity index (χ1) is 14.5. The van der Waals surface area contributed by atoms with Crippen LogP contribution in [-0.4, -0.2) is 37.2 Å². The van der Waals surface area contributed by atoms with E-state index in [0.29, 0.717) is 30.9 Å². The molecule has 0 aromatic heterocycles. The topological polar surface area (TPSA) is 71.8 Å². The molecule has 1 heterocycles. The molecule has 2 aromatic rings. The van der Waals surface area contributed by atoms with Crippen LogP contribution >= 0.6 is 0 Å². The first-order valence-corrected chi connectivity index (χ1v) is 10.2. The van der Waals surface area contributed by atoms with Gasteiger partial charge in [-0.25, -0.2) is 0 Å². The van der Waals surface area contributed by atoms with Gasteiger partial charge in [-0.1, -0.05) is 12.1 Å². The van der Waals surface area contributed by atoms with Gasteiger partial charge in [-0.05, 0) is 61.2 Å². The fourth-order valence-corrected chi connectivity index (χ4v) is 3.50. The molecular formula is C24H28N2O4. The third kappa shape index (κ3) is 5.74. The van der Waals surface area contributed by atoms with E-state index in [2.05, 4.69) is 23.1 Å². The van der Waals surface area contributed by atoms with Gasteiger partial charge < -0.3 is 14.2 Å². The van der Waals surface area contributed by atoms with Gasteiger partial charge >= 0.3 is 5.97 Å². The Hall–Kier alpha value is -3.04. The number of fused-ring (bicyclic) bond motifs is 1. The zero-order valence-electron chi connectivity index (χ0n) is 17.8. The summed E-state index contributed by atoms with van der Waals surface area (Å²) in [5, 5.41) is 9.38. The molecule has 0 aliphatic carbocycles. The summed E-state index contributed by atoms with van der Waals surface area (Å²) < 4.78 is 16.4. The van der Waals surface area contributed by atoms with Gasteiger partial charge in [-0.2, -0.15) is 5.26 Å². The standard InChI is InChI=1S/C24H28N2O4/c1-17(2)30-23-7-4-18(12-21(23)14-25)16-29-22-6-5-20-15-26(10-8-19(20)13-22)11-9-24(27)28-3/h4-7,12-13,17H,8-11,15-16H2,1-3H3. The van der Waals surface area contributed by atoms with Crippen molar-refractivity contribution in [2.75, 3.05) is 20.2 Å². The van der Waals surface area contributed by atoms with Gasteiger partial charge in [0.1, 0.15) is 24.2 Å². The lowest BCUT2D eigenvalue weighted by Gasteiger charge is -2.28. The molecule has 0 fully saturated rings. The van der Waals surface area contributed by atoms with Gasteiger partial charge in [0.15, 0.2) is 0 Å². The van der Waals surface area contributed by atoms with E-state index in [0.717, 1.165) is 30.8 Å². The van der Waals surface area contributed by atoms with E-state index >= 15 is 0 Å². The zero-order valence-corrected chi connectivity index (χ0v) is 17.8. The van der Waals surface area contributed by atoms with Gasteiger partial charge in [-0.3, -0.25) is 9.69 Å². The molecule has 6 heteroatoms. The quantitative estimate of drug-likeness (QED) is 0.618. The first kappa shape index (κ1) is 21.7. The van der Waals surface area contributed by atoms with E-state index in [9.17, 15) is 10.1 Å². The second kappa shape index (κ2) is 10.1. The van der Waals surface area contributed by atoms with Gasteiger partial charge in [-0.15, -0.1) is 0 Å². The minimum Gasteiger partial charge on any atom is -0.490 e. The van der Waals surface area contributed by atoms with E-state index in [1.807, 2.05) is 38.1 Å². The zero-order chi connectivity index (χ0) is 21.5. The van der Waals surface area contributed by atoms with Crippen molar-refractivity contribution in [2.24, 2.45) is 0 Å². The minimum atomic E-state index is -0.173. The van der Waals surface area contributed by atoms with Crippen molar-refractivity contribution in [3.05, 3.63) is 58.7 Å². The van der Waals surface area contributed by atoms with E-state index in [1.165, 1.54) is 18.2 Å². The van der Waals surface area contributed by atoms with Crippen molar-refractivity contribution >= 4 is 5.97 Å². The van der Waals surface area contributed by atoms with Gasteiger partial charge in [0, 0.05) is 19.6 Å². The van der Waals surface area contributed by atoms with Crippen molar-refractivity contribution < 1.29 is 19.0 Å². The average Bonchev–Trinajstić information content (AvgIpc) is 2.76. The van der Waals surface area contributed by atoms with Crippen LogP contribution in [0.2, 0.25) is 0 Å². The van der Waals surface area contributed by atoms with Crippen LogP contribution < -0.4 is 9.47 Å². The Bertz CT molecular complexity index is 933. The monoisotopic (exact) mass is 408 g/mol. The molecule has 3 rings (SSSR count). The lowest BCUT2D eigenvalue weighted by molar-refractivity contribution is -0.141. The van der Waals surface area contributed by atoms with Crippen LogP contribution in [0.1, 0.15) is 42.5 Å². The lowest BCUT2D eigenvalue weighted by Crippen LogP contribution is -2.32. The number of carbonyl (C=O) groups is 1. The summed E-state index contributed by atoms with van der Waals surface area (Å²) in [4.78, 5) is 13.6. The molecule has 0 unspecified atom stereocenters. The first-order valence-electron chi connectivity index (χ1n) is 10.2. The number of hydrogen-bond donors (Lipinski definition) is 0. The van der Waals surface area contributed by atoms with Crippen molar-refractivity contribution in [2.45, 2.75) is 45.9 Å². The minimum absolute atomic E-state index is 0.0195. The molecule has 1 aliphatic rings. The summed E-state index contributed by atoms with van der Waals surface area (Å²) in [6, 6.07) is 13.9. The summed E-state index contributed by atoms with van der Waals surface area (Å²) in [6.45, 7) is 6.72. The summed E-state index contributed by atoms with van der Waals surface area (Å²) in [7, 11) is 1.42. The van der Waals surface area contributed by atoms with E-state index in [-0.39, 0.29) is 12.1 Å². The third-order valence-electron chi connectivity index (χ3n) is 5.06. The van der Waals surface area contributed by atoms with Gasteiger partial charge in [0.05, 0.1) is 25.2 Å². The number of methoxy groups -OCH3 is 1. The third-order valence-corrected chi connectivity index (χ3v) is 5.06. The summed E-state index contributed by atoms with van der Waals surface area (Å²) >= 11 is 0. The predicted molar refractivity (Wildman–Crippen MR) is 113 cm³/mol.